The molecule has 0 aromatic heterocycles. The number of hydrogen-bond acceptors (Lipinski definition) is 6. The van der Waals surface area contributed by atoms with E-state index in [-0.39, 0.29) is 25.0 Å². The molecule has 230 valence electrons. The molecule has 3 aromatic carbocycles. The zero-order valence-electron chi connectivity index (χ0n) is 25.1. The van der Waals surface area contributed by atoms with Crippen molar-refractivity contribution in [2.45, 2.75) is 69.1 Å². The van der Waals surface area contributed by atoms with Gasteiger partial charge in [0, 0.05) is 19.4 Å². The average molecular weight is 590 g/mol. The van der Waals surface area contributed by atoms with Crippen LogP contribution in [-0.4, -0.2) is 66.5 Å². The Bertz CT molecular complexity index is 1250. The summed E-state index contributed by atoms with van der Waals surface area (Å²) in [5.41, 5.74) is 1.72. The summed E-state index contributed by atoms with van der Waals surface area (Å²) in [5.74, 6) is 0.714. The molecule has 2 atom stereocenters. The van der Waals surface area contributed by atoms with Gasteiger partial charge in [-0.15, -0.1) is 0 Å². The monoisotopic (exact) mass is 589 g/mol. The Labute approximate surface area is 254 Å². The van der Waals surface area contributed by atoms with Crippen LogP contribution in [-0.2, 0) is 19.9 Å². The lowest BCUT2D eigenvalue weighted by molar-refractivity contribution is -0.141. The van der Waals surface area contributed by atoms with Crippen LogP contribution in [0.15, 0.2) is 78.9 Å². The van der Waals surface area contributed by atoms with Gasteiger partial charge in [0.05, 0.1) is 33.0 Å². The van der Waals surface area contributed by atoms with Crippen LogP contribution in [0.1, 0.15) is 68.1 Å². The van der Waals surface area contributed by atoms with Crippen molar-refractivity contribution in [2.24, 2.45) is 0 Å². The van der Waals surface area contributed by atoms with Gasteiger partial charge in [-0.3, -0.25) is 9.59 Å². The molecule has 2 N–H and O–H groups in total. The molecule has 1 fully saturated rings. The lowest BCUT2D eigenvalue weighted by atomic mass is 9.80. The molecule has 0 aliphatic carbocycles. The molecule has 1 saturated heterocycles. The van der Waals surface area contributed by atoms with Gasteiger partial charge in [-0.25, -0.2) is 0 Å². The number of rotatable bonds is 15. The SMILES string of the molecule is COc1ccc(C(OC[C@H]2C[C@H](O)CCN2C(=O)CCCCCCC(=O)O)(c2ccccc2)c2ccc(OC)cc2)cc1. The standard InChI is InChI=1S/C35H43NO7/c1-41-31-18-14-27(15-19-31)35(26-10-6-5-7-11-26,28-16-20-32(42-2)21-17-28)43-25-29-24-30(37)22-23-36(29)33(38)12-8-3-4-9-13-34(39)40/h5-7,10-11,14-21,29-30,37H,3-4,8-9,12-13,22-25H2,1-2H3,(H,39,40)/t29-,30-/m1/s1. The summed E-state index contributed by atoms with van der Waals surface area (Å²) in [6, 6.07) is 25.4. The van der Waals surface area contributed by atoms with Gasteiger partial charge in [-0.1, -0.05) is 67.4 Å². The molecule has 43 heavy (non-hydrogen) atoms. The van der Waals surface area contributed by atoms with Crippen molar-refractivity contribution in [3.05, 3.63) is 95.6 Å². The number of carboxylic acids is 1. The Balaban J connectivity index is 1.63. The first-order chi connectivity index (χ1) is 20.9. The number of carbonyl (C=O) groups is 2. The molecule has 1 aliphatic heterocycles. The Morgan fingerprint density at radius 1 is 0.791 bits per heavy atom. The van der Waals surface area contributed by atoms with E-state index in [1.54, 1.807) is 14.2 Å². The van der Waals surface area contributed by atoms with Crippen molar-refractivity contribution in [3.63, 3.8) is 0 Å². The first-order valence-corrected chi connectivity index (χ1v) is 15.0. The number of carboxylic acid groups (broad SMARTS) is 1. The number of aliphatic hydroxyl groups is 1. The summed E-state index contributed by atoms with van der Waals surface area (Å²) in [6.07, 6.45) is 3.91. The summed E-state index contributed by atoms with van der Waals surface area (Å²) in [6.45, 7) is 0.685. The number of piperidine rings is 1. The van der Waals surface area contributed by atoms with E-state index in [1.165, 1.54) is 0 Å². The fourth-order valence-corrected chi connectivity index (χ4v) is 5.86. The molecule has 0 unspecified atom stereocenters. The maximum absolute atomic E-state index is 13.4. The summed E-state index contributed by atoms with van der Waals surface area (Å²) in [4.78, 5) is 26.0. The number of hydrogen-bond donors (Lipinski definition) is 2. The minimum atomic E-state index is -1.01. The van der Waals surface area contributed by atoms with E-state index in [1.807, 2.05) is 83.8 Å². The lowest BCUT2D eigenvalue weighted by Crippen LogP contribution is -2.51. The van der Waals surface area contributed by atoms with Gasteiger partial charge in [-0.05, 0) is 66.6 Å². The Hall–Kier alpha value is -3.88. The van der Waals surface area contributed by atoms with E-state index in [0.29, 0.717) is 38.6 Å². The van der Waals surface area contributed by atoms with E-state index in [9.17, 15) is 14.7 Å². The topological polar surface area (TPSA) is 106 Å². The quantitative estimate of drug-likeness (QED) is 0.171. The minimum Gasteiger partial charge on any atom is -0.497 e. The van der Waals surface area contributed by atoms with Crippen LogP contribution < -0.4 is 9.47 Å². The van der Waals surface area contributed by atoms with Crippen LogP contribution in [0.3, 0.4) is 0 Å². The number of carbonyl (C=O) groups excluding carboxylic acids is 1. The summed E-state index contributed by atoms with van der Waals surface area (Å²) >= 11 is 0. The smallest absolute Gasteiger partial charge is 0.303 e. The normalized spacial score (nSPS) is 17.0. The Kier molecular flexibility index (Phi) is 11.6. The highest BCUT2D eigenvalue weighted by Gasteiger charge is 2.40. The van der Waals surface area contributed by atoms with E-state index >= 15 is 0 Å². The second-order valence-electron chi connectivity index (χ2n) is 11.0. The molecule has 0 saturated carbocycles. The molecule has 8 heteroatoms. The van der Waals surface area contributed by atoms with E-state index in [2.05, 4.69) is 0 Å². The van der Waals surface area contributed by atoms with Crippen LogP contribution >= 0.6 is 0 Å². The number of aliphatic carboxylic acids is 1. The van der Waals surface area contributed by atoms with E-state index in [0.717, 1.165) is 41.0 Å². The van der Waals surface area contributed by atoms with Crippen molar-refractivity contribution in [3.8, 4) is 11.5 Å². The average Bonchev–Trinajstić information content (AvgIpc) is 3.04. The Morgan fingerprint density at radius 3 is 1.86 bits per heavy atom. The second kappa shape index (κ2) is 15.5. The molecule has 1 amide bonds. The predicted octanol–water partition coefficient (Wildman–Crippen LogP) is 5.79. The van der Waals surface area contributed by atoms with Crippen LogP contribution in [0.4, 0.5) is 0 Å². The second-order valence-corrected chi connectivity index (χ2v) is 11.0. The number of benzene rings is 3. The zero-order valence-corrected chi connectivity index (χ0v) is 25.1. The number of methoxy groups -OCH3 is 2. The molecule has 1 heterocycles. The highest BCUT2D eigenvalue weighted by Crippen LogP contribution is 2.42. The van der Waals surface area contributed by atoms with Crippen molar-refractivity contribution in [2.75, 3.05) is 27.4 Å². The Morgan fingerprint density at radius 2 is 1.33 bits per heavy atom. The molecule has 8 nitrogen and oxygen atoms in total. The summed E-state index contributed by atoms with van der Waals surface area (Å²) in [7, 11) is 3.27. The number of ether oxygens (including phenoxy) is 3. The summed E-state index contributed by atoms with van der Waals surface area (Å²) < 4.78 is 17.9. The number of aliphatic hydroxyl groups excluding tert-OH is 1. The van der Waals surface area contributed by atoms with Crippen molar-refractivity contribution in [1.82, 2.24) is 4.90 Å². The molecule has 4 rings (SSSR count). The highest BCUT2D eigenvalue weighted by atomic mass is 16.5. The minimum absolute atomic E-state index is 0.0398. The fraction of sp³-hybridized carbons (Fsp3) is 0.429. The van der Waals surface area contributed by atoms with Gasteiger partial charge in [0.25, 0.3) is 0 Å². The molecule has 0 spiro atoms. The van der Waals surface area contributed by atoms with Crippen LogP contribution in [0.2, 0.25) is 0 Å². The number of unbranched alkanes of at least 4 members (excludes halogenated alkanes) is 3. The third-order valence-electron chi connectivity index (χ3n) is 8.21. The van der Waals surface area contributed by atoms with Crippen LogP contribution in [0, 0.1) is 0 Å². The predicted molar refractivity (Wildman–Crippen MR) is 164 cm³/mol. The zero-order chi connectivity index (χ0) is 30.7. The third kappa shape index (κ3) is 8.15. The van der Waals surface area contributed by atoms with Gasteiger partial charge in [0.15, 0.2) is 0 Å². The highest BCUT2D eigenvalue weighted by molar-refractivity contribution is 5.76. The number of nitrogens with zero attached hydrogens (tertiary/aromatic N) is 1. The van der Waals surface area contributed by atoms with Crippen LogP contribution in [0.5, 0.6) is 11.5 Å². The van der Waals surface area contributed by atoms with Gasteiger partial charge >= 0.3 is 5.97 Å². The first-order valence-electron chi connectivity index (χ1n) is 15.0. The number of amides is 1. The van der Waals surface area contributed by atoms with Crippen molar-refractivity contribution < 1.29 is 34.0 Å². The molecular weight excluding hydrogens is 546 g/mol. The van der Waals surface area contributed by atoms with Gasteiger partial charge in [0.1, 0.15) is 17.1 Å². The first kappa shape index (κ1) is 32.0. The molecular formula is C35H43NO7. The van der Waals surface area contributed by atoms with Gasteiger partial charge in [-0.2, -0.15) is 0 Å². The molecule has 0 bridgehead atoms. The molecule has 1 aliphatic rings. The van der Waals surface area contributed by atoms with Gasteiger partial charge in [0.2, 0.25) is 5.91 Å². The maximum atomic E-state index is 13.4. The van der Waals surface area contributed by atoms with Crippen molar-refractivity contribution >= 4 is 11.9 Å². The molecule has 0 radical (unpaired) electrons. The third-order valence-corrected chi connectivity index (χ3v) is 8.21. The van der Waals surface area contributed by atoms with Crippen molar-refractivity contribution in [1.29, 1.82) is 0 Å². The van der Waals surface area contributed by atoms with Gasteiger partial charge < -0.3 is 29.3 Å². The number of likely N-dealkylation sites (tertiary alicyclic amines) is 1. The fourth-order valence-electron chi connectivity index (χ4n) is 5.86. The largest absolute Gasteiger partial charge is 0.497 e. The van der Waals surface area contributed by atoms with E-state index < -0.39 is 17.7 Å². The van der Waals surface area contributed by atoms with Crippen LogP contribution in [0.25, 0.3) is 0 Å². The summed E-state index contributed by atoms with van der Waals surface area (Å²) in [5, 5.41) is 19.5. The maximum Gasteiger partial charge on any atom is 0.303 e. The van der Waals surface area contributed by atoms with E-state index in [4.69, 9.17) is 19.3 Å². The lowest BCUT2D eigenvalue weighted by Gasteiger charge is -2.42. The molecule has 3 aromatic rings.